The first kappa shape index (κ1) is 23.6. The van der Waals surface area contributed by atoms with Crippen LogP contribution in [0.4, 0.5) is 13.2 Å². The number of rotatable bonds is 6. The predicted octanol–water partition coefficient (Wildman–Crippen LogP) is 6.72. The maximum atomic E-state index is 12.8. The largest absolute Gasteiger partial charge is 0.446 e. The molecule has 0 aromatic heterocycles. The molecular weight excluding hydrogens is 381 g/mol. The Bertz CT molecular complexity index is 627. The number of nitrogens with zero attached hydrogens (tertiary/aromatic N) is 2. The van der Waals surface area contributed by atoms with Gasteiger partial charge in [-0.05, 0) is 69.5 Å². The van der Waals surface area contributed by atoms with E-state index in [1.54, 1.807) is 18.2 Å². The van der Waals surface area contributed by atoms with E-state index >= 15 is 0 Å². The molecule has 160 valence electrons. The first-order valence-corrected chi connectivity index (χ1v) is 11.2. The zero-order chi connectivity index (χ0) is 21.1. The molecule has 2 nitrogen and oxygen atoms in total. The van der Waals surface area contributed by atoms with E-state index < -0.39 is 5.51 Å². The summed E-state index contributed by atoms with van der Waals surface area (Å²) >= 11 is -0.0219. The Kier molecular flexibility index (Phi) is 7.90. The van der Waals surface area contributed by atoms with Gasteiger partial charge in [-0.15, -0.1) is 0 Å². The Morgan fingerprint density at radius 2 is 1.68 bits per heavy atom. The van der Waals surface area contributed by atoms with Gasteiger partial charge < -0.3 is 0 Å². The molecule has 0 amide bonds. The van der Waals surface area contributed by atoms with Crippen molar-refractivity contribution in [2.24, 2.45) is 0 Å². The van der Waals surface area contributed by atoms with Crippen LogP contribution < -0.4 is 0 Å². The van der Waals surface area contributed by atoms with Crippen molar-refractivity contribution in [3.05, 3.63) is 29.8 Å². The molecular formula is C22H35F3N2S. The molecule has 1 aromatic carbocycles. The lowest BCUT2D eigenvalue weighted by molar-refractivity contribution is -0.0445. The highest BCUT2D eigenvalue weighted by molar-refractivity contribution is 8.00. The minimum atomic E-state index is -4.25. The van der Waals surface area contributed by atoms with Crippen LogP contribution in [0.25, 0.3) is 0 Å². The fourth-order valence-corrected chi connectivity index (χ4v) is 5.08. The summed E-state index contributed by atoms with van der Waals surface area (Å²) in [6.45, 7) is 15.4. The molecule has 1 aliphatic rings. The van der Waals surface area contributed by atoms with Gasteiger partial charge in [0, 0.05) is 41.6 Å². The molecule has 1 aromatic rings. The van der Waals surface area contributed by atoms with Crippen LogP contribution in [0.1, 0.15) is 72.4 Å². The molecule has 3 atom stereocenters. The van der Waals surface area contributed by atoms with Gasteiger partial charge in [0.1, 0.15) is 0 Å². The Balaban J connectivity index is 2.31. The summed E-state index contributed by atoms with van der Waals surface area (Å²) in [5, 5.41) is 0. The van der Waals surface area contributed by atoms with Crippen molar-refractivity contribution in [3.63, 3.8) is 0 Å². The number of piperazine rings is 1. The normalized spacial score (nSPS) is 23.8. The average Bonchev–Trinajstić information content (AvgIpc) is 2.59. The van der Waals surface area contributed by atoms with E-state index in [4.69, 9.17) is 0 Å². The lowest BCUT2D eigenvalue weighted by atomic mass is 9.91. The van der Waals surface area contributed by atoms with Crippen LogP contribution in [-0.4, -0.2) is 46.0 Å². The summed E-state index contributed by atoms with van der Waals surface area (Å²) in [5.41, 5.74) is -3.14. The van der Waals surface area contributed by atoms with E-state index in [2.05, 4.69) is 51.3 Å². The second kappa shape index (κ2) is 9.40. The third kappa shape index (κ3) is 5.90. The van der Waals surface area contributed by atoms with Crippen molar-refractivity contribution in [3.8, 4) is 0 Å². The number of alkyl halides is 3. The Morgan fingerprint density at radius 3 is 2.18 bits per heavy atom. The van der Waals surface area contributed by atoms with Gasteiger partial charge in [0.25, 0.3) is 0 Å². The zero-order valence-corrected chi connectivity index (χ0v) is 18.8. The molecule has 2 rings (SSSR count). The summed E-state index contributed by atoms with van der Waals surface area (Å²) in [5.74, 6) is 0. The number of hydrogen-bond donors (Lipinski definition) is 0. The molecule has 1 saturated heterocycles. The zero-order valence-electron chi connectivity index (χ0n) is 18.0. The van der Waals surface area contributed by atoms with E-state index in [-0.39, 0.29) is 28.2 Å². The van der Waals surface area contributed by atoms with Crippen LogP contribution in [0.5, 0.6) is 0 Å². The highest BCUT2D eigenvalue weighted by Gasteiger charge is 2.40. The van der Waals surface area contributed by atoms with Gasteiger partial charge in [0.05, 0.1) is 0 Å². The quantitative estimate of drug-likeness (QED) is 0.475. The maximum absolute atomic E-state index is 12.8. The number of benzene rings is 1. The minimum absolute atomic E-state index is 0.0219. The molecule has 0 spiro atoms. The molecule has 0 unspecified atom stereocenters. The average molecular weight is 417 g/mol. The van der Waals surface area contributed by atoms with Gasteiger partial charge in [-0.2, -0.15) is 13.2 Å². The first-order chi connectivity index (χ1) is 13.0. The molecule has 0 N–H and O–H groups in total. The number of hydrogen-bond acceptors (Lipinski definition) is 3. The molecule has 0 saturated carbocycles. The standard InChI is InChI=1S/C22H35F3N2S/c1-7-17-15-27(21(4,5)6)18(8-2)14-26(17)20(9-3)16-11-10-12-19(13-16)28-22(23,24)25/h10-13,17-18,20H,7-9,14-15H2,1-6H3/t17-,18+,20+/m1/s1. The molecule has 6 heteroatoms. The van der Waals surface area contributed by atoms with Crippen LogP contribution >= 0.6 is 11.8 Å². The predicted molar refractivity (Wildman–Crippen MR) is 113 cm³/mol. The second-order valence-corrected chi connectivity index (χ2v) is 9.83. The summed E-state index contributed by atoms with van der Waals surface area (Å²) in [4.78, 5) is 5.44. The van der Waals surface area contributed by atoms with Crippen molar-refractivity contribution in [1.82, 2.24) is 9.80 Å². The van der Waals surface area contributed by atoms with Crippen LogP contribution in [0, 0.1) is 0 Å². The van der Waals surface area contributed by atoms with Gasteiger partial charge in [0.2, 0.25) is 0 Å². The summed E-state index contributed by atoms with van der Waals surface area (Å²) in [7, 11) is 0. The Hall–Kier alpha value is -0.720. The molecule has 28 heavy (non-hydrogen) atoms. The lowest BCUT2D eigenvalue weighted by Gasteiger charge is -2.53. The van der Waals surface area contributed by atoms with E-state index in [9.17, 15) is 13.2 Å². The van der Waals surface area contributed by atoms with Crippen LogP contribution in [0.2, 0.25) is 0 Å². The monoisotopic (exact) mass is 416 g/mol. The summed E-state index contributed by atoms with van der Waals surface area (Å²) < 4.78 is 38.5. The van der Waals surface area contributed by atoms with Crippen molar-refractivity contribution in [2.45, 2.75) is 94.9 Å². The number of thioether (sulfide) groups is 1. The van der Waals surface area contributed by atoms with Gasteiger partial charge in [-0.1, -0.05) is 32.9 Å². The van der Waals surface area contributed by atoms with Crippen molar-refractivity contribution >= 4 is 11.8 Å². The third-order valence-electron chi connectivity index (χ3n) is 5.81. The summed E-state index contributed by atoms with van der Waals surface area (Å²) in [6, 6.07) is 8.05. The molecule has 0 bridgehead atoms. The molecule has 0 aliphatic carbocycles. The molecule has 1 heterocycles. The molecule has 0 radical (unpaired) electrons. The molecule has 1 aliphatic heterocycles. The lowest BCUT2D eigenvalue weighted by Crippen LogP contribution is -2.63. The van der Waals surface area contributed by atoms with Gasteiger partial charge >= 0.3 is 5.51 Å². The summed E-state index contributed by atoms with van der Waals surface area (Å²) in [6.07, 6.45) is 3.00. The Morgan fingerprint density at radius 1 is 1.04 bits per heavy atom. The number of halogens is 3. The Labute approximate surface area is 172 Å². The maximum Gasteiger partial charge on any atom is 0.446 e. The third-order valence-corrected chi connectivity index (χ3v) is 6.53. The topological polar surface area (TPSA) is 6.48 Å². The second-order valence-electron chi connectivity index (χ2n) is 8.69. The van der Waals surface area contributed by atoms with Crippen LogP contribution in [-0.2, 0) is 0 Å². The van der Waals surface area contributed by atoms with Crippen molar-refractivity contribution in [1.29, 1.82) is 0 Å². The van der Waals surface area contributed by atoms with E-state index in [1.807, 2.05) is 6.07 Å². The SMILES string of the molecule is CC[C@@H]1CN(C(C)(C)C)[C@@H](CC)CN1[C@@H](CC)c1cccc(SC(F)(F)F)c1. The van der Waals surface area contributed by atoms with Gasteiger partial charge in [0.15, 0.2) is 0 Å². The fraction of sp³-hybridized carbons (Fsp3) is 0.727. The van der Waals surface area contributed by atoms with Crippen LogP contribution in [0.3, 0.4) is 0 Å². The van der Waals surface area contributed by atoms with Gasteiger partial charge in [-0.25, -0.2) is 0 Å². The first-order valence-electron chi connectivity index (χ1n) is 10.4. The van der Waals surface area contributed by atoms with E-state index in [0.717, 1.165) is 37.9 Å². The van der Waals surface area contributed by atoms with Crippen LogP contribution in [0.15, 0.2) is 29.2 Å². The van der Waals surface area contributed by atoms with Gasteiger partial charge in [-0.3, -0.25) is 9.80 Å². The highest BCUT2D eigenvalue weighted by Crippen LogP contribution is 2.39. The van der Waals surface area contributed by atoms with Crippen molar-refractivity contribution in [2.75, 3.05) is 13.1 Å². The van der Waals surface area contributed by atoms with E-state index in [1.165, 1.54) is 0 Å². The fourth-order valence-electron chi connectivity index (χ4n) is 4.47. The minimum Gasteiger partial charge on any atom is -0.293 e. The van der Waals surface area contributed by atoms with E-state index in [0.29, 0.717) is 12.1 Å². The molecule has 1 fully saturated rings. The smallest absolute Gasteiger partial charge is 0.293 e. The highest BCUT2D eigenvalue weighted by atomic mass is 32.2. The van der Waals surface area contributed by atoms with Crippen molar-refractivity contribution < 1.29 is 13.2 Å².